The van der Waals surface area contributed by atoms with Crippen molar-refractivity contribution in [2.24, 2.45) is 5.84 Å². The Balaban J connectivity index is 2.37. The van der Waals surface area contributed by atoms with Crippen molar-refractivity contribution in [2.45, 2.75) is 6.04 Å². The topological polar surface area (TPSA) is 47.3 Å². The number of rotatable bonds is 4. The third-order valence-corrected chi connectivity index (χ3v) is 3.22. The number of hydrogen-bond acceptors (Lipinski definition) is 3. The van der Waals surface area contributed by atoms with Crippen LogP contribution in [0.3, 0.4) is 0 Å². The molecule has 0 heterocycles. The Labute approximate surface area is 116 Å². The fraction of sp³-hybridized carbons (Fsp3) is 0.143. The second kappa shape index (κ2) is 6.02. The maximum Gasteiger partial charge on any atom is 0.124 e. The van der Waals surface area contributed by atoms with Crippen molar-refractivity contribution in [3.8, 4) is 5.75 Å². The largest absolute Gasteiger partial charge is 0.497 e. The van der Waals surface area contributed by atoms with E-state index in [0.29, 0.717) is 5.02 Å². The maximum atomic E-state index is 13.1. The zero-order chi connectivity index (χ0) is 13.8. The number of benzene rings is 2. The molecule has 3 N–H and O–H groups in total. The highest BCUT2D eigenvalue weighted by atomic mass is 35.5. The fourth-order valence-electron chi connectivity index (χ4n) is 1.90. The highest BCUT2D eigenvalue weighted by molar-refractivity contribution is 6.31. The number of hydrazine groups is 1. The molecule has 0 aliphatic carbocycles. The minimum absolute atomic E-state index is 0.306. The van der Waals surface area contributed by atoms with Crippen LogP contribution in [0.5, 0.6) is 5.75 Å². The first kappa shape index (κ1) is 13.8. The van der Waals surface area contributed by atoms with E-state index >= 15 is 0 Å². The summed E-state index contributed by atoms with van der Waals surface area (Å²) >= 11 is 6.05. The fourth-order valence-corrected chi connectivity index (χ4v) is 2.17. The van der Waals surface area contributed by atoms with Crippen LogP contribution >= 0.6 is 11.6 Å². The minimum Gasteiger partial charge on any atom is -0.497 e. The first-order chi connectivity index (χ1) is 9.15. The van der Waals surface area contributed by atoms with Gasteiger partial charge in [-0.2, -0.15) is 0 Å². The Morgan fingerprint density at radius 2 is 1.89 bits per heavy atom. The molecule has 2 aromatic carbocycles. The standard InChI is InChI=1S/C14H14ClFN2O/c1-19-11-5-2-9(3-6-11)14(18-17)12-7-4-10(16)8-13(12)15/h2-8,14,18H,17H2,1H3. The van der Waals surface area contributed by atoms with Crippen molar-refractivity contribution in [3.63, 3.8) is 0 Å². The van der Waals surface area contributed by atoms with Gasteiger partial charge in [0.25, 0.3) is 0 Å². The third kappa shape index (κ3) is 3.04. The van der Waals surface area contributed by atoms with Gasteiger partial charge in [-0.15, -0.1) is 0 Å². The molecule has 100 valence electrons. The third-order valence-electron chi connectivity index (χ3n) is 2.89. The molecule has 0 aromatic heterocycles. The SMILES string of the molecule is COc1ccc(C(NN)c2ccc(F)cc2Cl)cc1. The molecule has 0 fully saturated rings. The predicted octanol–water partition coefficient (Wildman–Crippen LogP) is 3.04. The first-order valence-corrected chi connectivity index (χ1v) is 6.08. The Bertz CT molecular complexity index is 560. The number of ether oxygens (including phenoxy) is 1. The van der Waals surface area contributed by atoms with E-state index in [-0.39, 0.29) is 11.9 Å². The molecule has 1 unspecified atom stereocenters. The molecule has 0 radical (unpaired) electrons. The van der Waals surface area contributed by atoms with Crippen LogP contribution in [-0.4, -0.2) is 7.11 Å². The van der Waals surface area contributed by atoms with Crippen LogP contribution < -0.4 is 16.0 Å². The van der Waals surface area contributed by atoms with E-state index in [9.17, 15) is 4.39 Å². The molecule has 0 aliphatic rings. The van der Waals surface area contributed by atoms with E-state index in [1.54, 1.807) is 13.2 Å². The summed E-state index contributed by atoms with van der Waals surface area (Å²) in [7, 11) is 1.60. The summed E-state index contributed by atoms with van der Waals surface area (Å²) in [6, 6.07) is 11.4. The predicted molar refractivity (Wildman–Crippen MR) is 73.6 cm³/mol. The van der Waals surface area contributed by atoms with E-state index in [2.05, 4.69) is 5.43 Å². The summed E-state index contributed by atoms with van der Waals surface area (Å²) in [6.07, 6.45) is 0. The molecule has 0 bridgehead atoms. The van der Waals surface area contributed by atoms with Gasteiger partial charge in [0.05, 0.1) is 13.2 Å². The van der Waals surface area contributed by atoms with E-state index in [1.807, 2.05) is 24.3 Å². The zero-order valence-electron chi connectivity index (χ0n) is 10.4. The normalized spacial score (nSPS) is 12.2. The smallest absolute Gasteiger partial charge is 0.124 e. The van der Waals surface area contributed by atoms with E-state index in [0.717, 1.165) is 16.9 Å². The minimum atomic E-state index is -0.376. The van der Waals surface area contributed by atoms with Crippen molar-refractivity contribution in [3.05, 3.63) is 64.4 Å². The van der Waals surface area contributed by atoms with Gasteiger partial charge in [0.15, 0.2) is 0 Å². The van der Waals surface area contributed by atoms with Crippen LogP contribution in [-0.2, 0) is 0 Å². The van der Waals surface area contributed by atoms with Gasteiger partial charge < -0.3 is 4.74 Å². The number of methoxy groups -OCH3 is 1. The van der Waals surface area contributed by atoms with Crippen LogP contribution in [0.1, 0.15) is 17.2 Å². The van der Waals surface area contributed by atoms with Crippen molar-refractivity contribution < 1.29 is 9.13 Å². The Kier molecular flexibility index (Phi) is 4.37. The summed E-state index contributed by atoms with van der Waals surface area (Å²) in [6.45, 7) is 0. The van der Waals surface area contributed by atoms with E-state index < -0.39 is 0 Å². The van der Waals surface area contributed by atoms with Crippen LogP contribution in [0.2, 0.25) is 5.02 Å². The molecule has 3 nitrogen and oxygen atoms in total. The molecule has 0 saturated carbocycles. The van der Waals surface area contributed by atoms with Gasteiger partial charge >= 0.3 is 0 Å². The van der Waals surface area contributed by atoms with Gasteiger partial charge in [-0.3, -0.25) is 5.84 Å². The lowest BCUT2D eigenvalue weighted by molar-refractivity contribution is 0.414. The molecule has 2 rings (SSSR count). The van der Waals surface area contributed by atoms with Gasteiger partial charge in [0.1, 0.15) is 11.6 Å². The lowest BCUT2D eigenvalue weighted by Gasteiger charge is -2.18. The summed E-state index contributed by atoms with van der Waals surface area (Å²) in [5.41, 5.74) is 4.32. The van der Waals surface area contributed by atoms with Crippen LogP contribution in [0.15, 0.2) is 42.5 Å². The highest BCUT2D eigenvalue weighted by Gasteiger charge is 2.16. The van der Waals surface area contributed by atoms with Crippen molar-refractivity contribution >= 4 is 11.6 Å². The Morgan fingerprint density at radius 3 is 2.42 bits per heavy atom. The van der Waals surface area contributed by atoms with Gasteiger partial charge in [-0.25, -0.2) is 9.82 Å². The van der Waals surface area contributed by atoms with Crippen LogP contribution in [0, 0.1) is 5.82 Å². The molecule has 0 saturated heterocycles. The van der Waals surface area contributed by atoms with Gasteiger partial charge in [-0.1, -0.05) is 29.8 Å². The van der Waals surface area contributed by atoms with E-state index in [1.165, 1.54) is 12.1 Å². The molecule has 1 atom stereocenters. The average molecular weight is 281 g/mol. The number of halogens is 2. The Morgan fingerprint density at radius 1 is 1.21 bits per heavy atom. The molecule has 0 spiro atoms. The van der Waals surface area contributed by atoms with Crippen molar-refractivity contribution in [1.82, 2.24) is 5.43 Å². The summed E-state index contributed by atoms with van der Waals surface area (Å²) in [5.74, 6) is 5.96. The summed E-state index contributed by atoms with van der Waals surface area (Å²) in [5, 5.41) is 0.332. The van der Waals surface area contributed by atoms with Gasteiger partial charge in [-0.05, 0) is 35.4 Å². The van der Waals surface area contributed by atoms with E-state index in [4.69, 9.17) is 22.2 Å². The lowest BCUT2D eigenvalue weighted by Crippen LogP contribution is -2.29. The molecule has 0 amide bonds. The van der Waals surface area contributed by atoms with Gasteiger partial charge in [0, 0.05) is 5.02 Å². The molecule has 0 aliphatic heterocycles. The average Bonchev–Trinajstić information content (AvgIpc) is 2.42. The molecule has 19 heavy (non-hydrogen) atoms. The monoisotopic (exact) mass is 280 g/mol. The quantitative estimate of drug-likeness (QED) is 0.668. The zero-order valence-corrected chi connectivity index (χ0v) is 11.1. The summed E-state index contributed by atoms with van der Waals surface area (Å²) in [4.78, 5) is 0. The molecular formula is C14H14ClFN2O. The number of nitrogens with two attached hydrogens (primary N) is 1. The summed E-state index contributed by atoms with van der Waals surface area (Å²) < 4.78 is 18.2. The van der Waals surface area contributed by atoms with Crippen LogP contribution in [0.25, 0.3) is 0 Å². The highest BCUT2D eigenvalue weighted by Crippen LogP contribution is 2.29. The second-order valence-corrected chi connectivity index (χ2v) is 4.45. The van der Waals surface area contributed by atoms with Crippen molar-refractivity contribution in [1.29, 1.82) is 0 Å². The first-order valence-electron chi connectivity index (χ1n) is 5.70. The van der Waals surface area contributed by atoms with Crippen molar-refractivity contribution in [2.75, 3.05) is 7.11 Å². The molecule has 2 aromatic rings. The Hall–Kier alpha value is -1.62. The van der Waals surface area contributed by atoms with Gasteiger partial charge in [0.2, 0.25) is 0 Å². The molecule has 5 heteroatoms. The molecular weight excluding hydrogens is 267 g/mol. The second-order valence-electron chi connectivity index (χ2n) is 4.04. The number of nitrogens with one attached hydrogen (secondary N) is 1. The van der Waals surface area contributed by atoms with Crippen LogP contribution in [0.4, 0.5) is 4.39 Å². The maximum absolute atomic E-state index is 13.1. The lowest BCUT2D eigenvalue weighted by atomic mass is 9.99. The number of hydrogen-bond donors (Lipinski definition) is 2.